The molecule has 1 aliphatic rings. The molecule has 146 valence electrons. The van der Waals surface area contributed by atoms with Gasteiger partial charge in [-0.3, -0.25) is 10.0 Å². The Hall–Kier alpha value is -1.98. The van der Waals surface area contributed by atoms with Crippen molar-refractivity contribution in [2.45, 2.75) is 23.3 Å². The highest BCUT2D eigenvalue weighted by atomic mass is 32.2. The fourth-order valence-corrected chi connectivity index (χ4v) is 5.90. The van der Waals surface area contributed by atoms with E-state index in [1.165, 1.54) is 42.7 Å². The summed E-state index contributed by atoms with van der Waals surface area (Å²) in [6.07, 6.45) is 0.411. The maximum atomic E-state index is 13.3. The van der Waals surface area contributed by atoms with Gasteiger partial charge in [-0.1, -0.05) is 0 Å². The topological polar surface area (TPSA) is 116 Å². The summed E-state index contributed by atoms with van der Waals surface area (Å²) in [7, 11) is -2.58. The van der Waals surface area contributed by atoms with Gasteiger partial charge in [0.2, 0.25) is 10.0 Å². The molecular formula is C17H20N2O6S2. The number of aliphatic hydroxyl groups excluding tert-OH is 1. The molecule has 0 unspecified atom stereocenters. The van der Waals surface area contributed by atoms with E-state index >= 15 is 0 Å². The van der Waals surface area contributed by atoms with E-state index in [0.717, 1.165) is 14.7 Å². The SMILES string of the molecule is COc1ccc(S(=O)(=O)N2CCc3sccc3[C@@H](CO)[C@@H]2C(=O)NO)cc1. The van der Waals surface area contributed by atoms with Crippen LogP contribution in [0.4, 0.5) is 0 Å². The third-order valence-corrected chi connectivity index (χ3v) is 7.56. The standard InChI is InChI=1S/C17H20N2O6S2/c1-25-11-2-4-12(5-3-11)27(23,24)19-8-6-15-13(7-9-26-15)14(10-20)16(19)17(21)18-22/h2-5,7,9,14,16,20,22H,6,8,10H2,1H3,(H,18,21)/t14-,16-/m1/s1. The monoisotopic (exact) mass is 412 g/mol. The first-order chi connectivity index (χ1) is 12.9. The van der Waals surface area contributed by atoms with Crippen LogP contribution in [0.1, 0.15) is 16.4 Å². The van der Waals surface area contributed by atoms with Crippen LogP contribution in [0.25, 0.3) is 0 Å². The molecule has 0 aliphatic carbocycles. The highest BCUT2D eigenvalue weighted by Crippen LogP contribution is 2.36. The normalized spacial score (nSPS) is 20.6. The van der Waals surface area contributed by atoms with Crippen molar-refractivity contribution in [1.29, 1.82) is 0 Å². The zero-order valence-electron chi connectivity index (χ0n) is 14.5. The molecule has 0 saturated carbocycles. The Labute approximate surface area is 161 Å². The fraction of sp³-hybridized carbons (Fsp3) is 0.353. The van der Waals surface area contributed by atoms with E-state index < -0.39 is 34.5 Å². The third kappa shape index (κ3) is 3.58. The van der Waals surface area contributed by atoms with Crippen molar-refractivity contribution in [2.24, 2.45) is 0 Å². The number of carbonyl (C=O) groups is 1. The van der Waals surface area contributed by atoms with Gasteiger partial charge in [-0.05, 0) is 47.7 Å². The number of hydrogen-bond donors (Lipinski definition) is 3. The van der Waals surface area contributed by atoms with Crippen molar-refractivity contribution in [3.05, 3.63) is 46.2 Å². The van der Waals surface area contributed by atoms with Crippen LogP contribution in [0.3, 0.4) is 0 Å². The smallest absolute Gasteiger partial charge is 0.262 e. The van der Waals surface area contributed by atoms with E-state index in [1.807, 2.05) is 5.38 Å². The molecular weight excluding hydrogens is 392 g/mol. The highest BCUT2D eigenvalue weighted by molar-refractivity contribution is 7.89. The molecule has 27 heavy (non-hydrogen) atoms. The second-order valence-electron chi connectivity index (χ2n) is 6.05. The Kier molecular flexibility index (Phi) is 5.82. The van der Waals surface area contributed by atoms with Crippen molar-refractivity contribution >= 4 is 27.3 Å². The first-order valence-corrected chi connectivity index (χ1v) is 10.5. The molecule has 1 aliphatic heterocycles. The Balaban J connectivity index is 2.08. The van der Waals surface area contributed by atoms with Gasteiger partial charge in [0.25, 0.3) is 5.91 Å². The van der Waals surface area contributed by atoms with Gasteiger partial charge in [0, 0.05) is 17.3 Å². The van der Waals surface area contributed by atoms with Crippen molar-refractivity contribution in [3.63, 3.8) is 0 Å². The summed E-state index contributed by atoms with van der Waals surface area (Å²) < 4.78 is 32.6. The van der Waals surface area contributed by atoms with Crippen LogP contribution >= 0.6 is 11.3 Å². The van der Waals surface area contributed by atoms with Gasteiger partial charge >= 0.3 is 0 Å². The van der Waals surface area contributed by atoms with E-state index in [9.17, 15) is 23.5 Å². The minimum absolute atomic E-state index is 0.000911. The average molecular weight is 412 g/mol. The van der Waals surface area contributed by atoms with Crippen LogP contribution in [0.15, 0.2) is 40.6 Å². The molecule has 0 saturated heterocycles. The van der Waals surface area contributed by atoms with Crippen molar-refractivity contribution in [3.8, 4) is 5.75 Å². The molecule has 10 heteroatoms. The molecule has 1 aromatic heterocycles. The van der Waals surface area contributed by atoms with Crippen LogP contribution < -0.4 is 10.2 Å². The number of methoxy groups -OCH3 is 1. The van der Waals surface area contributed by atoms with Gasteiger partial charge in [-0.15, -0.1) is 11.3 Å². The van der Waals surface area contributed by atoms with Crippen LogP contribution in [0, 0.1) is 0 Å². The zero-order chi connectivity index (χ0) is 19.6. The van der Waals surface area contributed by atoms with Gasteiger partial charge in [0.1, 0.15) is 11.8 Å². The number of amides is 1. The summed E-state index contributed by atoms with van der Waals surface area (Å²) in [6.45, 7) is -0.382. The number of carbonyl (C=O) groups excluding carboxylic acids is 1. The van der Waals surface area contributed by atoms with Crippen molar-refractivity contribution in [1.82, 2.24) is 9.79 Å². The zero-order valence-corrected chi connectivity index (χ0v) is 16.2. The molecule has 0 fully saturated rings. The van der Waals surface area contributed by atoms with E-state index in [2.05, 4.69) is 0 Å². The van der Waals surface area contributed by atoms with Crippen molar-refractivity contribution < 1.29 is 28.3 Å². The third-order valence-electron chi connectivity index (χ3n) is 4.67. The lowest BCUT2D eigenvalue weighted by atomic mass is 9.93. The Bertz CT molecular complexity index is 910. The Morgan fingerprint density at radius 3 is 2.63 bits per heavy atom. The number of ether oxygens (including phenoxy) is 1. The Morgan fingerprint density at radius 2 is 2.04 bits per heavy atom. The number of benzene rings is 1. The van der Waals surface area contributed by atoms with Crippen LogP contribution in [0.2, 0.25) is 0 Å². The predicted octanol–water partition coefficient (Wildman–Crippen LogP) is 0.954. The molecule has 2 heterocycles. The second kappa shape index (κ2) is 7.95. The van der Waals surface area contributed by atoms with Crippen LogP contribution in [-0.2, 0) is 21.2 Å². The lowest BCUT2D eigenvalue weighted by Crippen LogP contribution is -2.52. The number of rotatable bonds is 5. The fourth-order valence-electron chi connectivity index (χ4n) is 3.34. The maximum Gasteiger partial charge on any atom is 0.262 e. The number of nitrogens with one attached hydrogen (secondary N) is 1. The summed E-state index contributed by atoms with van der Waals surface area (Å²) in [5, 5.41) is 21.0. The minimum Gasteiger partial charge on any atom is -0.497 e. The molecule has 0 spiro atoms. The number of fused-ring (bicyclic) bond motifs is 1. The van der Waals surface area contributed by atoms with Gasteiger partial charge < -0.3 is 9.84 Å². The largest absolute Gasteiger partial charge is 0.497 e. The first kappa shape index (κ1) is 19.8. The molecule has 0 bridgehead atoms. The van der Waals surface area contributed by atoms with Crippen LogP contribution in [-0.4, -0.2) is 55.2 Å². The molecule has 0 radical (unpaired) electrons. The Morgan fingerprint density at radius 1 is 1.33 bits per heavy atom. The summed E-state index contributed by atoms with van der Waals surface area (Å²) in [4.78, 5) is 13.3. The second-order valence-corrected chi connectivity index (χ2v) is 8.94. The number of hydroxylamine groups is 1. The number of aliphatic hydroxyl groups is 1. The number of hydrogen-bond acceptors (Lipinski definition) is 7. The minimum atomic E-state index is -4.05. The predicted molar refractivity (Wildman–Crippen MR) is 98.5 cm³/mol. The maximum absolute atomic E-state index is 13.3. The van der Waals surface area contributed by atoms with Gasteiger partial charge in [-0.25, -0.2) is 13.9 Å². The lowest BCUT2D eigenvalue weighted by Gasteiger charge is -2.32. The van der Waals surface area contributed by atoms with E-state index in [-0.39, 0.29) is 11.4 Å². The van der Waals surface area contributed by atoms with E-state index in [4.69, 9.17) is 4.74 Å². The van der Waals surface area contributed by atoms with Crippen LogP contribution in [0.5, 0.6) is 5.75 Å². The quantitative estimate of drug-likeness (QED) is 0.497. The molecule has 2 aromatic rings. The van der Waals surface area contributed by atoms with E-state index in [1.54, 1.807) is 11.5 Å². The molecule has 3 N–H and O–H groups in total. The summed E-state index contributed by atoms with van der Waals surface area (Å²) in [6, 6.07) is 6.34. The summed E-state index contributed by atoms with van der Waals surface area (Å²) in [5.74, 6) is -1.16. The highest BCUT2D eigenvalue weighted by Gasteiger charge is 2.43. The van der Waals surface area contributed by atoms with E-state index in [0.29, 0.717) is 12.2 Å². The molecule has 1 amide bonds. The van der Waals surface area contributed by atoms with Crippen molar-refractivity contribution in [2.75, 3.05) is 20.3 Å². The number of thiophene rings is 1. The average Bonchev–Trinajstić information content (AvgIpc) is 3.08. The van der Waals surface area contributed by atoms with Gasteiger partial charge in [-0.2, -0.15) is 4.31 Å². The molecule has 8 nitrogen and oxygen atoms in total. The number of sulfonamides is 1. The first-order valence-electron chi connectivity index (χ1n) is 8.21. The number of nitrogens with zero attached hydrogens (tertiary/aromatic N) is 1. The summed E-state index contributed by atoms with van der Waals surface area (Å²) in [5.41, 5.74) is 2.27. The molecule has 3 rings (SSSR count). The molecule has 2 atom stereocenters. The van der Waals surface area contributed by atoms with Gasteiger partial charge in [0.05, 0.1) is 18.6 Å². The molecule has 1 aromatic carbocycles. The lowest BCUT2D eigenvalue weighted by molar-refractivity contribution is -0.134. The summed E-state index contributed by atoms with van der Waals surface area (Å²) >= 11 is 1.45. The van der Waals surface area contributed by atoms with Gasteiger partial charge in [0.15, 0.2) is 0 Å².